The van der Waals surface area contributed by atoms with Gasteiger partial charge in [-0.3, -0.25) is 4.79 Å². The summed E-state index contributed by atoms with van der Waals surface area (Å²) in [6, 6.07) is 7.18. The zero-order valence-electron chi connectivity index (χ0n) is 8.40. The van der Waals surface area contributed by atoms with Crippen LogP contribution < -0.4 is 4.74 Å². The van der Waals surface area contributed by atoms with E-state index in [4.69, 9.17) is 9.84 Å². The molecule has 0 saturated heterocycles. The molecule has 0 aliphatic carbocycles. The van der Waals surface area contributed by atoms with E-state index in [9.17, 15) is 9.59 Å². The highest BCUT2D eigenvalue weighted by Gasteiger charge is 2.10. The molecule has 0 bridgehead atoms. The number of rotatable bonds is 5. The van der Waals surface area contributed by atoms with E-state index in [1.807, 2.05) is 12.1 Å². The number of aliphatic carboxylic acids is 1. The zero-order valence-corrected chi connectivity index (χ0v) is 8.40. The van der Waals surface area contributed by atoms with Crippen LogP contribution in [0.1, 0.15) is 12.0 Å². The fourth-order valence-electron chi connectivity index (χ4n) is 1.16. The van der Waals surface area contributed by atoms with E-state index >= 15 is 0 Å². The maximum Gasteiger partial charge on any atom is 0.372 e. The third-order valence-electron chi connectivity index (χ3n) is 2.04. The molecular weight excluding hydrogens is 196 g/mol. The van der Waals surface area contributed by atoms with Crippen LogP contribution in [0.5, 0.6) is 5.75 Å². The van der Waals surface area contributed by atoms with Gasteiger partial charge in [-0.25, -0.2) is 4.79 Å². The van der Waals surface area contributed by atoms with Gasteiger partial charge in [0.15, 0.2) is 0 Å². The molecular formula is C11H12O4. The van der Waals surface area contributed by atoms with Crippen molar-refractivity contribution in [1.82, 2.24) is 0 Å². The molecule has 0 atom stereocenters. The van der Waals surface area contributed by atoms with Crippen LogP contribution in [0.4, 0.5) is 0 Å². The topological polar surface area (TPSA) is 63.6 Å². The molecule has 0 heterocycles. The van der Waals surface area contributed by atoms with Gasteiger partial charge in [-0.2, -0.15) is 0 Å². The number of Topliss-reactive ketones (excluding diaryl/α,β-unsaturated/α-hetero) is 1. The number of carbonyl (C=O) groups is 2. The Balaban J connectivity index is 2.51. The van der Waals surface area contributed by atoms with Gasteiger partial charge in [0.05, 0.1) is 7.11 Å². The van der Waals surface area contributed by atoms with E-state index in [0.717, 1.165) is 11.3 Å². The number of benzene rings is 1. The van der Waals surface area contributed by atoms with Gasteiger partial charge in [0.1, 0.15) is 5.75 Å². The second kappa shape index (κ2) is 5.14. The van der Waals surface area contributed by atoms with Gasteiger partial charge in [0.25, 0.3) is 0 Å². The Bertz CT molecular complexity index is 353. The molecule has 1 N–H and O–H groups in total. The van der Waals surface area contributed by atoms with Gasteiger partial charge < -0.3 is 9.84 Å². The van der Waals surface area contributed by atoms with Crippen molar-refractivity contribution in [1.29, 1.82) is 0 Å². The number of ketones is 1. The average molecular weight is 208 g/mol. The van der Waals surface area contributed by atoms with E-state index in [2.05, 4.69) is 0 Å². The lowest BCUT2D eigenvalue weighted by Crippen LogP contribution is -2.12. The third kappa shape index (κ3) is 3.42. The highest BCUT2D eigenvalue weighted by molar-refractivity contribution is 6.32. The van der Waals surface area contributed by atoms with Crippen molar-refractivity contribution in [2.24, 2.45) is 0 Å². The minimum Gasteiger partial charge on any atom is -0.497 e. The molecule has 0 aliphatic heterocycles. The minimum atomic E-state index is -1.37. The number of aryl methyl sites for hydroxylation is 1. The second-order valence-electron chi connectivity index (χ2n) is 3.08. The first-order chi connectivity index (χ1) is 7.13. The molecule has 4 nitrogen and oxygen atoms in total. The Labute approximate surface area is 87.5 Å². The van der Waals surface area contributed by atoms with Crippen molar-refractivity contribution in [2.45, 2.75) is 12.8 Å². The number of carboxylic acid groups (broad SMARTS) is 1. The van der Waals surface area contributed by atoms with Crippen LogP contribution in [0, 0.1) is 0 Å². The quantitative estimate of drug-likeness (QED) is 0.740. The van der Waals surface area contributed by atoms with Crippen LogP contribution in [0.25, 0.3) is 0 Å². The number of hydrogen-bond acceptors (Lipinski definition) is 3. The summed E-state index contributed by atoms with van der Waals surface area (Å²) < 4.78 is 4.97. The predicted octanol–water partition coefficient (Wildman–Crippen LogP) is 1.28. The Hall–Kier alpha value is -1.84. The first-order valence-electron chi connectivity index (χ1n) is 4.52. The molecule has 0 aromatic heterocycles. The molecule has 4 heteroatoms. The van der Waals surface area contributed by atoms with Crippen LogP contribution in [-0.4, -0.2) is 24.0 Å². The maximum atomic E-state index is 10.8. The van der Waals surface area contributed by atoms with E-state index in [1.165, 1.54) is 0 Å². The second-order valence-corrected chi connectivity index (χ2v) is 3.08. The first kappa shape index (κ1) is 11.2. The van der Waals surface area contributed by atoms with E-state index < -0.39 is 11.8 Å². The lowest BCUT2D eigenvalue weighted by atomic mass is 10.1. The number of methoxy groups -OCH3 is 1. The molecule has 0 spiro atoms. The van der Waals surface area contributed by atoms with Crippen LogP contribution in [-0.2, 0) is 16.0 Å². The van der Waals surface area contributed by atoms with Crippen molar-refractivity contribution < 1.29 is 19.4 Å². The lowest BCUT2D eigenvalue weighted by Gasteiger charge is -2.01. The summed E-state index contributed by atoms with van der Waals surface area (Å²) in [4.78, 5) is 21.1. The van der Waals surface area contributed by atoms with Gasteiger partial charge in [-0.15, -0.1) is 0 Å². The number of hydrogen-bond donors (Lipinski definition) is 1. The van der Waals surface area contributed by atoms with Crippen LogP contribution >= 0.6 is 0 Å². The summed E-state index contributed by atoms with van der Waals surface area (Å²) in [6.45, 7) is 0. The van der Waals surface area contributed by atoms with Gasteiger partial charge in [0.2, 0.25) is 5.78 Å². The molecule has 0 radical (unpaired) electrons. The fraction of sp³-hybridized carbons (Fsp3) is 0.273. The van der Waals surface area contributed by atoms with Crippen LogP contribution in [0.3, 0.4) is 0 Å². The molecule has 1 aromatic carbocycles. The summed E-state index contributed by atoms with van der Waals surface area (Å²) >= 11 is 0. The van der Waals surface area contributed by atoms with E-state index in [-0.39, 0.29) is 6.42 Å². The highest BCUT2D eigenvalue weighted by Crippen LogP contribution is 2.12. The molecule has 0 amide bonds. The van der Waals surface area contributed by atoms with Gasteiger partial charge >= 0.3 is 5.97 Å². The summed E-state index contributed by atoms with van der Waals surface area (Å²) in [5, 5.41) is 8.37. The third-order valence-corrected chi connectivity index (χ3v) is 2.04. The van der Waals surface area contributed by atoms with Crippen molar-refractivity contribution >= 4 is 11.8 Å². The van der Waals surface area contributed by atoms with Crippen LogP contribution in [0.15, 0.2) is 24.3 Å². The molecule has 1 rings (SSSR count). The van der Waals surface area contributed by atoms with Gasteiger partial charge in [-0.1, -0.05) is 12.1 Å². The van der Waals surface area contributed by atoms with Crippen LogP contribution in [0.2, 0.25) is 0 Å². The van der Waals surface area contributed by atoms with E-state index in [0.29, 0.717) is 6.42 Å². The molecule has 0 fully saturated rings. The Morgan fingerprint density at radius 1 is 1.27 bits per heavy atom. The van der Waals surface area contributed by atoms with Gasteiger partial charge in [0, 0.05) is 6.42 Å². The standard InChI is InChI=1S/C11H12O4/c1-15-9-5-2-8(3-6-9)4-7-10(12)11(13)14/h2-3,5-6H,4,7H2,1H3,(H,13,14). The van der Waals surface area contributed by atoms with Crippen molar-refractivity contribution in [3.63, 3.8) is 0 Å². The van der Waals surface area contributed by atoms with Crippen molar-refractivity contribution in [2.75, 3.05) is 7.11 Å². The van der Waals surface area contributed by atoms with Crippen molar-refractivity contribution in [3.8, 4) is 5.75 Å². The normalized spacial score (nSPS) is 9.67. The maximum absolute atomic E-state index is 10.8. The average Bonchev–Trinajstić information content (AvgIpc) is 2.26. The molecule has 0 aliphatic rings. The summed E-state index contributed by atoms with van der Waals surface area (Å²) in [5.41, 5.74) is 0.922. The smallest absolute Gasteiger partial charge is 0.372 e. The molecule has 0 saturated carbocycles. The SMILES string of the molecule is COc1ccc(CCC(=O)C(=O)O)cc1. The van der Waals surface area contributed by atoms with Crippen molar-refractivity contribution in [3.05, 3.63) is 29.8 Å². The Morgan fingerprint density at radius 3 is 2.33 bits per heavy atom. The lowest BCUT2D eigenvalue weighted by molar-refractivity contribution is -0.149. The number of carboxylic acids is 1. The predicted molar refractivity (Wildman–Crippen MR) is 54.0 cm³/mol. The summed E-state index contributed by atoms with van der Waals surface area (Å²) in [7, 11) is 1.57. The van der Waals surface area contributed by atoms with E-state index in [1.54, 1.807) is 19.2 Å². The summed E-state index contributed by atoms with van der Waals surface area (Å²) in [6.07, 6.45) is 0.469. The Kier molecular flexibility index (Phi) is 3.85. The zero-order chi connectivity index (χ0) is 11.3. The monoisotopic (exact) mass is 208 g/mol. The number of ether oxygens (including phenoxy) is 1. The highest BCUT2D eigenvalue weighted by atomic mass is 16.5. The number of carbonyl (C=O) groups excluding carboxylic acids is 1. The Morgan fingerprint density at radius 2 is 1.87 bits per heavy atom. The first-order valence-corrected chi connectivity index (χ1v) is 4.52. The molecule has 1 aromatic rings. The molecule has 0 unspecified atom stereocenters. The minimum absolute atomic E-state index is 0.0294. The fourth-order valence-corrected chi connectivity index (χ4v) is 1.16. The summed E-state index contributed by atoms with van der Waals surface area (Å²) in [5.74, 6) is -1.39. The molecule has 15 heavy (non-hydrogen) atoms. The molecule has 80 valence electrons. The van der Waals surface area contributed by atoms with Gasteiger partial charge in [-0.05, 0) is 24.1 Å². The largest absolute Gasteiger partial charge is 0.497 e.